The molecular weight excluding hydrogens is 242 g/mol. The zero-order valence-electron chi connectivity index (χ0n) is 11.3. The molecule has 1 aromatic heterocycles. The number of rotatable bonds is 5. The fraction of sp³-hybridized carbons (Fsp3) is 0.571. The molecule has 0 bridgehead atoms. The number of ether oxygens (including phenoxy) is 1. The van der Waals surface area contributed by atoms with Crippen molar-refractivity contribution >= 4 is 5.91 Å². The molecule has 2 N–H and O–H groups in total. The van der Waals surface area contributed by atoms with E-state index in [0.717, 1.165) is 31.7 Å². The smallest absolute Gasteiger partial charge is 0.234 e. The lowest BCUT2D eigenvalue weighted by atomic mass is 10.1. The minimum absolute atomic E-state index is 0.0367. The molecule has 0 radical (unpaired) electrons. The molecule has 2 rings (SSSR count). The van der Waals surface area contributed by atoms with Gasteiger partial charge in [0.15, 0.2) is 0 Å². The molecule has 5 nitrogen and oxygen atoms in total. The van der Waals surface area contributed by atoms with Gasteiger partial charge in [0.1, 0.15) is 0 Å². The SMILES string of the molecule is C[C@H](NCC(=O)NC1CCOCC1)c1ccccn1. The summed E-state index contributed by atoms with van der Waals surface area (Å²) in [5, 5.41) is 6.21. The first-order chi connectivity index (χ1) is 9.25. The fourth-order valence-corrected chi connectivity index (χ4v) is 2.10. The summed E-state index contributed by atoms with van der Waals surface area (Å²) < 4.78 is 5.26. The number of amides is 1. The summed E-state index contributed by atoms with van der Waals surface area (Å²) in [7, 11) is 0. The quantitative estimate of drug-likeness (QED) is 0.833. The van der Waals surface area contributed by atoms with Crippen molar-refractivity contribution in [2.24, 2.45) is 0 Å². The first kappa shape index (κ1) is 14.0. The minimum Gasteiger partial charge on any atom is -0.381 e. The Kier molecular flexibility index (Phi) is 5.30. The highest BCUT2D eigenvalue weighted by Gasteiger charge is 2.16. The van der Waals surface area contributed by atoms with Crippen LogP contribution in [0.25, 0.3) is 0 Å². The second kappa shape index (κ2) is 7.21. The fourth-order valence-electron chi connectivity index (χ4n) is 2.10. The van der Waals surface area contributed by atoms with E-state index >= 15 is 0 Å². The van der Waals surface area contributed by atoms with E-state index in [1.54, 1.807) is 6.20 Å². The summed E-state index contributed by atoms with van der Waals surface area (Å²) >= 11 is 0. The highest BCUT2D eigenvalue weighted by Crippen LogP contribution is 2.08. The molecule has 0 aliphatic carbocycles. The zero-order chi connectivity index (χ0) is 13.5. The molecule has 104 valence electrons. The maximum Gasteiger partial charge on any atom is 0.234 e. The second-order valence-electron chi connectivity index (χ2n) is 4.81. The van der Waals surface area contributed by atoms with Crippen molar-refractivity contribution in [3.05, 3.63) is 30.1 Å². The summed E-state index contributed by atoms with van der Waals surface area (Å²) in [6.45, 7) is 3.80. The molecule has 1 aliphatic heterocycles. The van der Waals surface area contributed by atoms with Crippen molar-refractivity contribution in [1.29, 1.82) is 0 Å². The van der Waals surface area contributed by atoms with E-state index in [1.807, 2.05) is 25.1 Å². The molecule has 19 heavy (non-hydrogen) atoms. The summed E-state index contributed by atoms with van der Waals surface area (Å²) in [5.74, 6) is 0.0367. The molecule has 0 saturated carbocycles. The third kappa shape index (κ3) is 4.61. The molecule has 1 amide bonds. The number of nitrogens with zero attached hydrogens (tertiary/aromatic N) is 1. The molecule has 2 heterocycles. The van der Waals surface area contributed by atoms with Crippen molar-refractivity contribution in [1.82, 2.24) is 15.6 Å². The van der Waals surface area contributed by atoms with Crippen LogP contribution >= 0.6 is 0 Å². The largest absolute Gasteiger partial charge is 0.381 e. The van der Waals surface area contributed by atoms with Gasteiger partial charge in [-0.3, -0.25) is 9.78 Å². The summed E-state index contributed by atoms with van der Waals surface area (Å²) in [6.07, 6.45) is 3.57. The molecule has 1 fully saturated rings. The predicted molar refractivity (Wildman–Crippen MR) is 72.6 cm³/mol. The van der Waals surface area contributed by atoms with Gasteiger partial charge < -0.3 is 15.4 Å². The second-order valence-corrected chi connectivity index (χ2v) is 4.81. The number of aromatic nitrogens is 1. The number of pyridine rings is 1. The first-order valence-electron chi connectivity index (χ1n) is 6.77. The molecule has 1 atom stereocenters. The molecule has 0 unspecified atom stereocenters. The Hall–Kier alpha value is -1.46. The van der Waals surface area contributed by atoms with Gasteiger partial charge >= 0.3 is 0 Å². The van der Waals surface area contributed by atoms with Crippen LogP contribution in [0.3, 0.4) is 0 Å². The van der Waals surface area contributed by atoms with E-state index < -0.39 is 0 Å². The molecule has 0 spiro atoms. The Morgan fingerprint density at radius 1 is 1.47 bits per heavy atom. The molecule has 0 aromatic carbocycles. The van der Waals surface area contributed by atoms with Crippen LogP contribution in [0.15, 0.2) is 24.4 Å². The van der Waals surface area contributed by atoms with Crippen molar-refractivity contribution in [2.75, 3.05) is 19.8 Å². The highest BCUT2D eigenvalue weighted by molar-refractivity contribution is 5.78. The van der Waals surface area contributed by atoms with Crippen LogP contribution in [0, 0.1) is 0 Å². The number of carbonyl (C=O) groups excluding carboxylic acids is 1. The monoisotopic (exact) mass is 263 g/mol. The Balaban J connectivity index is 1.71. The molecule has 1 aliphatic rings. The summed E-state index contributed by atoms with van der Waals surface area (Å²) in [5.41, 5.74) is 0.946. The van der Waals surface area contributed by atoms with Crippen LogP contribution in [-0.2, 0) is 9.53 Å². The average Bonchev–Trinajstić information content (AvgIpc) is 2.47. The van der Waals surface area contributed by atoms with E-state index in [4.69, 9.17) is 4.74 Å². The zero-order valence-corrected chi connectivity index (χ0v) is 11.3. The minimum atomic E-state index is 0.0367. The van der Waals surface area contributed by atoms with Crippen molar-refractivity contribution in [2.45, 2.75) is 31.8 Å². The van der Waals surface area contributed by atoms with Crippen LogP contribution in [0.5, 0.6) is 0 Å². The predicted octanol–water partition coefficient (Wildman–Crippen LogP) is 1.03. The van der Waals surface area contributed by atoms with Crippen molar-refractivity contribution in [3.8, 4) is 0 Å². The molecule has 5 heteroatoms. The lowest BCUT2D eigenvalue weighted by molar-refractivity contribution is -0.121. The van der Waals surface area contributed by atoms with Gasteiger partial charge in [-0.2, -0.15) is 0 Å². The van der Waals surface area contributed by atoms with Crippen LogP contribution in [0.1, 0.15) is 31.5 Å². The summed E-state index contributed by atoms with van der Waals surface area (Å²) in [6, 6.07) is 6.11. The van der Waals surface area contributed by atoms with Gasteiger partial charge in [0.05, 0.1) is 12.2 Å². The van der Waals surface area contributed by atoms with E-state index in [9.17, 15) is 4.79 Å². The Bertz CT molecular complexity index is 391. The lowest BCUT2D eigenvalue weighted by Gasteiger charge is -2.23. The number of nitrogens with one attached hydrogen (secondary N) is 2. The third-order valence-electron chi connectivity index (χ3n) is 3.29. The highest BCUT2D eigenvalue weighted by atomic mass is 16.5. The van der Waals surface area contributed by atoms with Gasteiger partial charge in [-0.15, -0.1) is 0 Å². The third-order valence-corrected chi connectivity index (χ3v) is 3.29. The normalized spacial score (nSPS) is 17.9. The Labute approximate surface area is 113 Å². The molecule has 1 saturated heterocycles. The Morgan fingerprint density at radius 3 is 2.95 bits per heavy atom. The van der Waals surface area contributed by atoms with Gasteiger partial charge in [0, 0.05) is 31.5 Å². The van der Waals surface area contributed by atoms with Crippen LogP contribution in [0.4, 0.5) is 0 Å². The van der Waals surface area contributed by atoms with Gasteiger partial charge in [0.25, 0.3) is 0 Å². The average molecular weight is 263 g/mol. The van der Waals surface area contributed by atoms with Crippen molar-refractivity contribution < 1.29 is 9.53 Å². The van der Waals surface area contributed by atoms with E-state index in [1.165, 1.54) is 0 Å². The van der Waals surface area contributed by atoms with E-state index in [-0.39, 0.29) is 18.0 Å². The van der Waals surface area contributed by atoms with E-state index in [0.29, 0.717) is 6.54 Å². The molecular formula is C14H21N3O2. The number of hydrogen-bond acceptors (Lipinski definition) is 4. The Morgan fingerprint density at radius 2 is 2.26 bits per heavy atom. The van der Waals surface area contributed by atoms with Crippen LogP contribution in [-0.4, -0.2) is 36.7 Å². The number of hydrogen-bond donors (Lipinski definition) is 2. The molecule has 1 aromatic rings. The van der Waals surface area contributed by atoms with Crippen molar-refractivity contribution in [3.63, 3.8) is 0 Å². The summed E-state index contributed by atoms with van der Waals surface area (Å²) in [4.78, 5) is 16.1. The lowest BCUT2D eigenvalue weighted by Crippen LogP contribution is -2.43. The van der Waals surface area contributed by atoms with Gasteiger partial charge in [0.2, 0.25) is 5.91 Å². The van der Waals surface area contributed by atoms with Gasteiger partial charge in [-0.05, 0) is 31.9 Å². The maximum atomic E-state index is 11.8. The first-order valence-corrected chi connectivity index (χ1v) is 6.77. The van der Waals surface area contributed by atoms with Gasteiger partial charge in [-0.1, -0.05) is 6.07 Å². The van der Waals surface area contributed by atoms with Gasteiger partial charge in [-0.25, -0.2) is 0 Å². The van der Waals surface area contributed by atoms with E-state index in [2.05, 4.69) is 15.6 Å². The maximum absolute atomic E-state index is 11.8. The standard InChI is InChI=1S/C14H21N3O2/c1-11(13-4-2-3-7-15-13)16-10-14(18)17-12-5-8-19-9-6-12/h2-4,7,11-12,16H,5-6,8-10H2,1H3,(H,17,18)/t11-/m0/s1. The van der Waals surface area contributed by atoms with Crippen LogP contribution < -0.4 is 10.6 Å². The topological polar surface area (TPSA) is 63.2 Å². The van der Waals surface area contributed by atoms with Crippen LogP contribution in [0.2, 0.25) is 0 Å². The number of carbonyl (C=O) groups is 1.